The van der Waals surface area contributed by atoms with E-state index in [0.717, 1.165) is 11.3 Å². The Labute approximate surface area is 100 Å². The van der Waals surface area contributed by atoms with Gasteiger partial charge in [-0.25, -0.2) is 0 Å². The van der Waals surface area contributed by atoms with E-state index in [1.165, 1.54) is 0 Å². The number of para-hydroxylation sites is 1. The van der Waals surface area contributed by atoms with Crippen molar-refractivity contribution in [3.8, 4) is 0 Å². The van der Waals surface area contributed by atoms with Crippen LogP contribution in [0.3, 0.4) is 0 Å². The fraction of sp³-hybridized carbons (Fsp3) is 0.385. The number of nitrogens with zero attached hydrogens (tertiary/aromatic N) is 1. The molecule has 1 aliphatic rings. The molecule has 0 aromatic heterocycles. The van der Waals surface area contributed by atoms with Crippen molar-refractivity contribution in [2.24, 2.45) is 4.99 Å². The Bertz CT molecular complexity index is 466. The number of hydrogen-bond donors (Lipinski definition) is 2. The maximum absolute atomic E-state index is 11.8. The van der Waals surface area contributed by atoms with E-state index in [4.69, 9.17) is 5.11 Å². The van der Waals surface area contributed by atoms with Gasteiger partial charge in [0.1, 0.15) is 5.92 Å². The number of aliphatic hydroxyl groups is 1. The molecule has 0 spiro atoms. The van der Waals surface area contributed by atoms with Crippen LogP contribution in [-0.4, -0.2) is 29.4 Å². The van der Waals surface area contributed by atoms with Crippen molar-refractivity contribution >= 4 is 17.8 Å². The summed E-state index contributed by atoms with van der Waals surface area (Å²) in [4.78, 5) is 16.0. The van der Waals surface area contributed by atoms with Crippen molar-refractivity contribution in [2.75, 3.05) is 11.9 Å². The topological polar surface area (TPSA) is 61.7 Å². The third kappa shape index (κ3) is 2.36. The number of benzene rings is 1. The number of hydrogen-bond acceptors (Lipinski definition) is 3. The van der Waals surface area contributed by atoms with E-state index in [9.17, 15) is 4.79 Å². The van der Waals surface area contributed by atoms with E-state index >= 15 is 0 Å². The number of fused-ring (bicyclic) bond motifs is 1. The Hall–Kier alpha value is -1.68. The Balaban J connectivity index is 2.26. The molecule has 4 nitrogen and oxygen atoms in total. The lowest BCUT2D eigenvalue weighted by atomic mass is 10.0. The SMILES string of the molecule is CC(C)(CO)N=CC1C(=O)Nc2ccccc21. The fourth-order valence-electron chi connectivity index (χ4n) is 1.70. The lowest BCUT2D eigenvalue weighted by Gasteiger charge is -2.16. The van der Waals surface area contributed by atoms with Gasteiger partial charge in [0.05, 0.1) is 12.1 Å². The predicted molar refractivity (Wildman–Crippen MR) is 67.5 cm³/mol. The standard InChI is InChI=1S/C13H16N2O2/c1-13(2,8-16)14-7-10-9-5-3-4-6-11(9)15-12(10)17/h3-7,10,16H,8H2,1-2H3,(H,15,17). The quantitative estimate of drug-likeness (QED) is 0.777. The van der Waals surface area contributed by atoms with Gasteiger partial charge < -0.3 is 10.4 Å². The Morgan fingerprint density at radius 3 is 2.88 bits per heavy atom. The maximum Gasteiger partial charge on any atom is 0.237 e. The van der Waals surface area contributed by atoms with Crippen molar-refractivity contribution in [1.82, 2.24) is 0 Å². The number of carbonyl (C=O) groups is 1. The molecule has 2 N–H and O–H groups in total. The zero-order valence-corrected chi connectivity index (χ0v) is 9.97. The normalized spacial score (nSPS) is 19.5. The summed E-state index contributed by atoms with van der Waals surface area (Å²) in [5.41, 5.74) is 1.24. The highest BCUT2D eigenvalue weighted by Crippen LogP contribution is 2.31. The summed E-state index contributed by atoms with van der Waals surface area (Å²) in [5.74, 6) is -0.416. The highest BCUT2D eigenvalue weighted by Gasteiger charge is 2.29. The molecular weight excluding hydrogens is 216 g/mol. The van der Waals surface area contributed by atoms with Crippen LogP contribution in [-0.2, 0) is 4.79 Å². The average molecular weight is 232 g/mol. The summed E-state index contributed by atoms with van der Waals surface area (Å²) in [6, 6.07) is 7.57. The van der Waals surface area contributed by atoms with Gasteiger partial charge in [0, 0.05) is 11.9 Å². The van der Waals surface area contributed by atoms with E-state index in [2.05, 4.69) is 10.3 Å². The van der Waals surface area contributed by atoms with Crippen LogP contribution in [0.1, 0.15) is 25.3 Å². The summed E-state index contributed by atoms with van der Waals surface area (Å²) < 4.78 is 0. The van der Waals surface area contributed by atoms with Crippen molar-refractivity contribution < 1.29 is 9.90 Å². The third-order valence-electron chi connectivity index (χ3n) is 2.80. The second-order valence-corrected chi connectivity index (χ2v) is 4.80. The lowest BCUT2D eigenvalue weighted by Crippen LogP contribution is -2.23. The Kier molecular flexibility index (Phi) is 2.98. The molecule has 0 saturated heterocycles. The van der Waals surface area contributed by atoms with Crippen molar-refractivity contribution in [2.45, 2.75) is 25.3 Å². The average Bonchev–Trinajstić information content (AvgIpc) is 2.62. The number of rotatable bonds is 3. The number of aliphatic imine (C=N–C) groups is 1. The molecule has 1 aromatic carbocycles. The first kappa shape index (κ1) is 11.8. The largest absolute Gasteiger partial charge is 0.394 e. The molecule has 1 aromatic rings. The van der Waals surface area contributed by atoms with E-state index in [0.29, 0.717) is 0 Å². The first-order chi connectivity index (χ1) is 8.03. The van der Waals surface area contributed by atoms with Gasteiger partial charge in [0.15, 0.2) is 0 Å². The summed E-state index contributed by atoms with van der Waals surface area (Å²) in [5, 5.41) is 11.9. The highest BCUT2D eigenvalue weighted by molar-refractivity contribution is 6.12. The Morgan fingerprint density at radius 2 is 2.18 bits per heavy atom. The van der Waals surface area contributed by atoms with Crippen LogP contribution in [0.4, 0.5) is 5.69 Å². The molecule has 1 unspecified atom stereocenters. The van der Waals surface area contributed by atoms with Gasteiger partial charge in [0.2, 0.25) is 5.91 Å². The van der Waals surface area contributed by atoms with Crippen LogP contribution in [0.25, 0.3) is 0 Å². The smallest absolute Gasteiger partial charge is 0.237 e. The summed E-state index contributed by atoms with van der Waals surface area (Å²) >= 11 is 0. The highest BCUT2D eigenvalue weighted by atomic mass is 16.3. The fourth-order valence-corrected chi connectivity index (χ4v) is 1.70. The van der Waals surface area contributed by atoms with Gasteiger partial charge in [0.25, 0.3) is 0 Å². The van der Waals surface area contributed by atoms with Crippen LogP contribution >= 0.6 is 0 Å². The van der Waals surface area contributed by atoms with Crippen LogP contribution in [0.5, 0.6) is 0 Å². The monoisotopic (exact) mass is 232 g/mol. The number of carbonyl (C=O) groups excluding carboxylic acids is 1. The molecule has 0 fully saturated rings. The molecule has 90 valence electrons. The van der Waals surface area contributed by atoms with Gasteiger partial charge in [-0.15, -0.1) is 0 Å². The van der Waals surface area contributed by atoms with Gasteiger partial charge in [-0.05, 0) is 25.5 Å². The zero-order valence-electron chi connectivity index (χ0n) is 9.97. The van der Waals surface area contributed by atoms with Gasteiger partial charge in [-0.3, -0.25) is 9.79 Å². The third-order valence-corrected chi connectivity index (χ3v) is 2.80. The zero-order chi connectivity index (χ0) is 12.5. The van der Waals surface area contributed by atoms with Crippen LogP contribution < -0.4 is 5.32 Å². The second kappa shape index (κ2) is 4.30. The minimum atomic E-state index is -0.544. The first-order valence-electron chi connectivity index (χ1n) is 5.59. The number of nitrogens with one attached hydrogen (secondary N) is 1. The molecule has 4 heteroatoms. The molecule has 1 atom stereocenters. The summed E-state index contributed by atoms with van der Waals surface area (Å²) in [6.45, 7) is 3.60. The van der Waals surface area contributed by atoms with E-state index in [1.807, 2.05) is 38.1 Å². The molecule has 2 rings (SSSR count). The number of aliphatic hydroxyl groups excluding tert-OH is 1. The Morgan fingerprint density at radius 1 is 1.47 bits per heavy atom. The minimum Gasteiger partial charge on any atom is -0.394 e. The predicted octanol–water partition coefficient (Wildman–Crippen LogP) is 1.56. The summed E-state index contributed by atoms with van der Waals surface area (Å²) in [7, 11) is 0. The van der Waals surface area contributed by atoms with Crippen molar-refractivity contribution in [3.05, 3.63) is 29.8 Å². The van der Waals surface area contributed by atoms with E-state index in [1.54, 1.807) is 6.21 Å². The van der Waals surface area contributed by atoms with Crippen molar-refractivity contribution in [3.63, 3.8) is 0 Å². The molecule has 0 bridgehead atoms. The minimum absolute atomic E-state index is 0.0422. The van der Waals surface area contributed by atoms with E-state index < -0.39 is 5.54 Å². The van der Waals surface area contributed by atoms with Crippen LogP contribution in [0, 0.1) is 0 Å². The van der Waals surface area contributed by atoms with Crippen LogP contribution in [0.2, 0.25) is 0 Å². The number of anilines is 1. The van der Waals surface area contributed by atoms with Gasteiger partial charge >= 0.3 is 0 Å². The molecule has 0 radical (unpaired) electrons. The van der Waals surface area contributed by atoms with Gasteiger partial charge in [-0.2, -0.15) is 0 Å². The molecule has 0 aliphatic carbocycles. The van der Waals surface area contributed by atoms with Crippen LogP contribution in [0.15, 0.2) is 29.3 Å². The van der Waals surface area contributed by atoms with E-state index in [-0.39, 0.29) is 18.4 Å². The van der Waals surface area contributed by atoms with Crippen molar-refractivity contribution in [1.29, 1.82) is 0 Å². The first-order valence-corrected chi connectivity index (χ1v) is 5.59. The molecule has 1 aliphatic heterocycles. The maximum atomic E-state index is 11.8. The lowest BCUT2D eigenvalue weighted by molar-refractivity contribution is -0.115. The summed E-state index contributed by atoms with van der Waals surface area (Å²) in [6.07, 6.45) is 1.62. The molecule has 1 heterocycles. The van der Waals surface area contributed by atoms with Gasteiger partial charge in [-0.1, -0.05) is 18.2 Å². The second-order valence-electron chi connectivity index (χ2n) is 4.80. The molecular formula is C13H16N2O2. The molecule has 1 amide bonds. The molecule has 0 saturated carbocycles. The number of amides is 1. The molecule has 17 heavy (non-hydrogen) atoms.